The number of aliphatic carboxylic acids is 1. The van der Waals surface area contributed by atoms with Crippen molar-refractivity contribution < 1.29 is 9.90 Å². The number of halogens is 1. The van der Waals surface area contributed by atoms with Gasteiger partial charge < -0.3 is 5.11 Å². The van der Waals surface area contributed by atoms with Crippen LogP contribution in [0, 0.1) is 6.92 Å². The second kappa shape index (κ2) is 4.67. The number of hydrogen-bond acceptors (Lipinski definition) is 3. The Morgan fingerprint density at radius 2 is 2.29 bits per heavy atom. The first-order chi connectivity index (χ1) is 8.08. The van der Waals surface area contributed by atoms with Crippen LogP contribution in [0.5, 0.6) is 0 Å². The lowest BCUT2D eigenvalue weighted by Crippen LogP contribution is -2.00. The number of rotatable bonds is 3. The minimum Gasteiger partial charge on any atom is -0.481 e. The molecule has 0 bridgehead atoms. The molecule has 0 unspecified atom stereocenters. The van der Waals surface area contributed by atoms with E-state index in [-0.39, 0.29) is 6.42 Å². The first-order valence-corrected chi connectivity index (χ1v) is 5.75. The van der Waals surface area contributed by atoms with E-state index in [4.69, 9.17) is 5.11 Å². The Hall–Kier alpha value is -1.69. The molecule has 1 heterocycles. The standard InChI is InChI=1S/C11H10BrN3O2/c1-7-3-2-4-9(11(7)12)15-6-8(13-14-15)5-10(16)17/h2-4,6H,5H2,1H3,(H,16,17). The molecule has 6 heteroatoms. The predicted octanol–water partition coefficient (Wildman–Crippen LogP) is 1.97. The van der Waals surface area contributed by atoms with Crippen molar-refractivity contribution >= 4 is 21.9 Å². The fourth-order valence-electron chi connectivity index (χ4n) is 1.46. The Kier molecular flexibility index (Phi) is 3.23. The highest BCUT2D eigenvalue weighted by Gasteiger charge is 2.09. The molecule has 2 rings (SSSR count). The third kappa shape index (κ3) is 2.52. The maximum Gasteiger partial charge on any atom is 0.309 e. The second-order valence-corrected chi connectivity index (χ2v) is 4.43. The largest absolute Gasteiger partial charge is 0.481 e. The highest BCUT2D eigenvalue weighted by atomic mass is 79.9. The minimum absolute atomic E-state index is 0.122. The highest BCUT2D eigenvalue weighted by Crippen LogP contribution is 2.23. The zero-order valence-electron chi connectivity index (χ0n) is 9.09. The van der Waals surface area contributed by atoms with Gasteiger partial charge in [-0.25, -0.2) is 4.68 Å². The van der Waals surface area contributed by atoms with Crippen molar-refractivity contribution in [2.24, 2.45) is 0 Å². The molecular weight excluding hydrogens is 286 g/mol. The van der Waals surface area contributed by atoms with Crippen LogP contribution in [0.15, 0.2) is 28.9 Å². The van der Waals surface area contributed by atoms with Crippen molar-refractivity contribution in [1.29, 1.82) is 0 Å². The van der Waals surface area contributed by atoms with Crippen molar-refractivity contribution in [2.45, 2.75) is 13.3 Å². The molecule has 0 aliphatic rings. The minimum atomic E-state index is -0.916. The molecule has 17 heavy (non-hydrogen) atoms. The Balaban J connectivity index is 2.37. The van der Waals surface area contributed by atoms with Gasteiger partial charge in [-0.1, -0.05) is 17.3 Å². The number of carboxylic acid groups (broad SMARTS) is 1. The molecule has 1 N–H and O–H groups in total. The summed E-state index contributed by atoms with van der Waals surface area (Å²) >= 11 is 3.47. The van der Waals surface area contributed by atoms with Crippen LogP contribution in [0.1, 0.15) is 11.3 Å². The summed E-state index contributed by atoms with van der Waals surface area (Å²) in [5, 5.41) is 16.4. The van der Waals surface area contributed by atoms with E-state index >= 15 is 0 Å². The average molecular weight is 296 g/mol. The Morgan fingerprint density at radius 3 is 3.00 bits per heavy atom. The number of aromatic nitrogens is 3. The molecule has 0 spiro atoms. The van der Waals surface area contributed by atoms with Crippen LogP contribution in [0.25, 0.3) is 5.69 Å². The summed E-state index contributed by atoms with van der Waals surface area (Å²) in [6.45, 7) is 1.97. The lowest BCUT2D eigenvalue weighted by Gasteiger charge is -2.05. The van der Waals surface area contributed by atoms with Crippen molar-refractivity contribution in [2.75, 3.05) is 0 Å². The molecule has 0 aliphatic carbocycles. The zero-order valence-corrected chi connectivity index (χ0v) is 10.7. The van der Waals surface area contributed by atoms with Crippen molar-refractivity contribution in [3.63, 3.8) is 0 Å². The monoisotopic (exact) mass is 295 g/mol. The van der Waals surface area contributed by atoms with E-state index in [2.05, 4.69) is 26.2 Å². The number of nitrogens with zero attached hydrogens (tertiary/aromatic N) is 3. The molecular formula is C11H10BrN3O2. The van der Waals surface area contributed by atoms with E-state index in [1.807, 2.05) is 25.1 Å². The number of carboxylic acids is 1. The first-order valence-electron chi connectivity index (χ1n) is 4.96. The van der Waals surface area contributed by atoms with Crippen LogP contribution >= 0.6 is 15.9 Å². The molecule has 0 saturated heterocycles. The van der Waals surface area contributed by atoms with Crippen LogP contribution in [0.2, 0.25) is 0 Å². The molecule has 1 aromatic heterocycles. The van der Waals surface area contributed by atoms with Crippen LogP contribution in [0.4, 0.5) is 0 Å². The van der Waals surface area contributed by atoms with E-state index in [1.165, 1.54) is 0 Å². The van der Waals surface area contributed by atoms with Crippen molar-refractivity contribution in [1.82, 2.24) is 15.0 Å². The fraction of sp³-hybridized carbons (Fsp3) is 0.182. The van der Waals surface area contributed by atoms with Gasteiger partial charge in [0, 0.05) is 4.47 Å². The maximum absolute atomic E-state index is 10.5. The molecule has 0 radical (unpaired) electrons. The number of carbonyl (C=O) groups is 1. The highest BCUT2D eigenvalue weighted by molar-refractivity contribution is 9.10. The summed E-state index contributed by atoms with van der Waals surface area (Å²) in [5.41, 5.74) is 2.36. The lowest BCUT2D eigenvalue weighted by atomic mass is 10.2. The number of benzene rings is 1. The van der Waals surface area contributed by atoms with E-state index < -0.39 is 5.97 Å². The van der Waals surface area contributed by atoms with Gasteiger partial charge >= 0.3 is 5.97 Å². The van der Waals surface area contributed by atoms with E-state index in [1.54, 1.807) is 10.9 Å². The number of aryl methyl sites for hydroxylation is 1. The summed E-state index contributed by atoms with van der Waals surface area (Å²) in [4.78, 5) is 10.5. The third-order valence-electron chi connectivity index (χ3n) is 2.29. The fourth-order valence-corrected chi connectivity index (χ4v) is 1.91. The topological polar surface area (TPSA) is 68.0 Å². The molecule has 0 saturated carbocycles. The van der Waals surface area contributed by atoms with Crippen LogP contribution in [-0.2, 0) is 11.2 Å². The molecule has 0 atom stereocenters. The van der Waals surface area contributed by atoms with Gasteiger partial charge in [-0.2, -0.15) is 0 Å². The molecule has 88 valence electrons. The zero-order chi connectivity index (χ0) is 12.4. The number of hydrogen-bond donors (Lipinski definition) is 1. The first kappa shape index (κ1) is 11.8. The Labute approximate surface area is 106 Å². The van der Waals surface area contributed by atoms with Gasteiger partial charge in [-0.3, -0.25) is 4.79 Å². The molecule has 0 amide bonds. The van der Waals surface area contributed by atoms with Crippen LogP contribution < -0.4 is 0 Å². The Morgan fingerprint density at radius 1 is 1.53 bits per heavy atom. The van der Waals surface area contributed by atoms with Gasteiger partial charge in [0.25, 0.3) is 0 Å². The van der Waals surface area contributed by atoms with E-state index in [0.717, 1.165) is 15.7 Å². The van der Waals surface area contributed by atoms with Crippen molar-refractivity contribution in [3.05, 3.63) is 40.1 Å². The summed E-state index contributed by atoms with van der Waals surface area (Å²) < 4.78 is 2.49. The lowest BCUT2D eigenvalue weighted by molar-refractivity contribution is -0.136. The van der Waals surface area contributed by atoms with Crippen molar-refractivity contribution in [3.8, 4) is 5.69 Å². The van der Waals surface area contributed by atoms with E-state index in [0.29, 0.717) is 5.69 Å². The van der Waals surface area contributed by atoms with Crippen LogP contribution in [-0.4, -0.2) is 26.1 Å². The van der Waals surface area contributed by atoms with E-state index in [9.17, 15) is 4.79 Å². The third-order valence-corrected chi connectivity index (χ3v) is 3.32. The van der Waals surface area contributed by atoms with Crippen LogP contribution in [0.3, 0.4) is 0 Å². The molecule has 2 aromatic rings. The summed E-state index contributed by atoms with van der Waals surface area (Å²) in [5.74, 6) is -0.916. The van der Waals surface area contributed by atoms with Gasteiger partial charge in [0.2, 0.25) is 0 Å². The summed E-state index contributed by atoms with van der Waals surface area (Å²) in [6, 6.07) is 5.77. The molecule has 5 nitrogen and oxygen atoms in total. The smallest absolute Gasteiger partial charge is 0.309 e. The molecule has 0 aliphatic heterocycles. The summed E-state index contributed by atoms with van der Waals surface area (Å²) in [7, 11) is 0. The average Bonchev–Trinajstić information content (AvgIpc) is 2.69. The molecule has 1 aromatic carbocycles. The normalized spacial score (nSPS) is 10.5. The predicted molar refractivity (Wildman–Crippen MR) is 65.1 cm³/mol. The van der Waals surface area contributed by atoms with Gasteiger partial charge in [-0.15, -0.1) is 5.10 Å². The van der Waals surface area contributed by atoms with Gasteiger partial charge in [0.1, 0.15) is 0 Å². The van der Waals surface area contributed by atoms with Gasteiger partial charge in [-0.05, 0) is 34.5 Å². The molecule has 0 fully saturated rings. The second-order valence-electron chi connectivity index (χ2n) is 3.63. The Bertz CT molecular complexity index is 566. The van der Waals surface area contributed by atoms with Gasteiger partial charge in [0.05, 0.1) is 24.0 Å². The summed E-state index contributed by atoms with van der Waals surface area (Å²) in [6.07, 6.45) is 1.50. The quantitative estimate of drug-likeness (QED) is 0.940. The SMILES string of the molecule is Cc1cccc(-n2cc(CC(=O)O)nn2)c1Br. The maximum atomic E-state index is 10.5. The van der Waals surface area contributed by atoms with Gasteiger partial charge in [0.15, 0.2) is 0 Å².